The van der Waals surface area contributed by atoms with Crippen LogP contribution in [-0.2, 0) is 18.1 Å². The lowest BCUT2D eigenvalue weighted by molar-refractivity contribution is 0.0110. The molecule has 2 unspecified atom stereocenters. The zero-order valence-corrected chi connectivity index (χ0v) is 28.6. The third-order valence-corrected chi connectivity index (χ3v) is 8.66. The number of ether oxygens (including phenoxy) is 2. The summed E-state index contributed by atoms with van der Waals surface area (Å²) in [5.41, 5.74) is 0. The van der Waals surface area contributed by atoms with E-state index in [9.17, 15) is 14.8 Å². The van der Waals surface area contributed by atoms with Gasteiger partial charge in [0.1, 0.15) is 36.9 Å². The van der Waals surface area contributed by atoms with Crippen molar-refractivity contribution in [1.82, 2.24) is 0 Å². The molecular weight excluding hydrogens is 895 g/mol. The topological polar surface area (TPSA) is 124 Å². The second kappa shape index (κ2) is 16.2. The molecule has 0 heterocycles. The minimum atomic E-state index is -4.23. The molecule has 2 aromatic carbocycles. The van der Waals surface area contributed by atoms with Crippen LogP contribution in [0.4, 0.5) is 0 Å². The van der Waals surface area contributed by atoms with Crippen LogP contribution in [0.2, 0.25) is 0 Å². The van der Waals surface area contributed by atoms with Crippen LogP contribution in [-0.4, -0.2) is 67.2 Å². The minimum Gasteiger partial charge on any atom is -0.488 e. The Morgan fingerprint density at radius 1 is 0.667 bits per heavy atom. The fourth-order valence-electron chi connectivity index (χ4n) is 2.41. The number of benzene rings is 2. The van der Waals surface area contributed by atoms with E-state index >= 15 is 0 Å². The lowest BCUT2D eigenvalue weighted by Gasteiger charge is -2.21. The average Bonchev–Trinajstić information content (AvgIpc) is 2.79. The maximum atomic E-state index is 12.9. The van der Waals surface area contributed by atoms with E-state index in [0.29, 0.717) is 29.4 Å². The van der Waals surface area contributed by atoms with Crippen LogP contribution in [0.25, 0.3) is 0 Å². The predicted octanol–water partition coefficient (Wildman–Crippen LogP) is 6.59. The first-order valence-corrected chi connectivity index (χ1v) is 16.2. The Morgan fingerprint density at radius 3 is 1.36 bits per heavy atom. The zero-order valence-electron chi connectivity index (χ0n) is 18.2. The van der Waals surface area contributed by atoms with Gasteiger partial charge in [-0.25, -0.2) is 4.57 Å². The molecule has 0 saturated heterocycles. The van der Waals surface area contributed by atoms with Gasteiger partial charge in [0.25, 0.3) is 0 Å². The van der Waals surface area contributed by atoms with Crippen molar-refractivity contribution in [3.8, 4) is 11.5 Å². The molecule has 0 spiro atoms. The molecule has 36 heavy (non-hydrogen) atoms. The number of hydrogen-bond acceptors (Lipinski definition) is 9. The summed E-state index contributed by atoms with van der Waals surface area (Å²) in [4.78, 5) is 0. The van der Waals surface area contributed by atoms with Gasteiger partial charge in [-0.1, -0.05) is 31.9 Å². The quantitative estimate of drug-likeness (QED) is 0.170. The first-order valence-electron chi connectivity index (χ1n) is 9.99. The highest BCUT2D eigenvalue weighted by molar-refractivity contribution is 9.12. The second-order valence-electron chi connectivity index (χ2n) is 6.92. The van der Waals surface area contributed by atoms with Crippen molar-refractivity contribution in [3.05, 3.63) is 51.1 Å². The van der Waals surface area contributed by atoms with Crippen LogP contribution in [0.1, 0.15) is 0 Å². The van der Waals surface area contributed by atoms with Crippen molar-refractivity contribution >= 4 is 103 Å². The molecule has 0 aliphatic carbocycles. The summed E-state index contributed by atoms with van der Waals surface area (Å²) in [6, 6.07) is 7.10. The standard InChI is InChI=1S/C20H21Br6O9P/c21-11-3-15(23)19(16(24)4-11)31-7-13(28)9-34-36(30,33-2-1-27)35-10-14(29)8-32-20-17(25)5-12(22)6-18(20)26/h3-6,13-14,27-29H,1-2,7-10H2. The van der Waals surface area contributed by atoms with Crippen molar-refractivity contribution in [2.75, 3.05) is 39.6 Å². The van der Waals surface area contributed by atoms with Gasteiger partial charge in [0.15, 0.2) is 0 Å². The summed E-state index contributed by atoms with van der Waals surface area (Å²) in [6.45, 7) is -2.07. The molecule has 0 amide bonds. The monoisotopic (exact) mass is 910 g/mol. The molecule has 0 bridgehead atoms. The van der Waals surface area contributed by atoms with Gasteiger partial charge in [-0.05, 0) is 88.0 Å². The van der Waals surface area contributed by atoms with Gasteiger partial charge in [0, 0.05) is 8.95 Å². The van der Waals surface area contributed by atoms with E-state index < -0.39 is 39.9 Å². The first-order chi connectivity index (χ1) is 16.9. The molecule has 0 saturated carbocycles. The van der Waals surface area contributed by atoms with Crippen molar-refractivity contribution in [3.63, 3.8) is 0 Å². The van der Waals surface area contributed by atoms with E-state index in [4.69, 9.17) is 28.2 Å². The van der Waals surface area contributed by atoms with Gasteiger partial charge in [-0.15, -0.1) is 0 Å². The van der Waals surface area contributed by atoms with Crippen molar-refractivity contribution in [1.29, 1.82) is 0 Å². The maximum absolute atomic E-state index is 12.9. The van der Waals surface area contributed by atoms with Gasteiger partial charge in [0.05, 0.1) is 44.3 Å². The molecule has 0 aromatic heterocycles. The Labute approximate surface area is 258 Å². The molecule has 2 rings (SSSR count). The highest BCUT2D eigenvalue weighted by Gasteiger charge is 2.29. The van der Waals surface area contributed by atoms with E-state index in [-0.39, 0.29) is 19.8 Å². The number of hydrogen-bond donors (Lipinski definition) is 3. The smallest absolute Gasteiger partial charge is 0.475 e. The Hall–Kier alpha value is 0.910. The molecule has 16 heteroatoms. The molecule has 9 nitrogen and oxygen atoms in total. The lowest BCUT2D eigenvalue weighted by atomic mass is 10.3. The Balaban J connectivity index is 1.88. The highest BCUT2D eigenvalue weighted by atomic mass is 79.9. The molecule has 3 N–H and O–H groups in total. The van der Waals surface area contributed by atoms with E-state index in [1.165, 1.54) is 0 Å². The molecular formula is C20H21Br6O9P. The second-order valence-corrected chi connectivity index (χ2v) is 13.8. The van der Waals surface area contributed by atoms with Crippen LogP contribution >= 0.6 is 103 Å². The van der Waals surface area contributed by atoms with Crippen molar-refractivity contribution in [2.45, 2.75) is 12.2 Å². The molecule has 0 fully saturated rings. The summed E-state index contributed by atoms with van der Waals surface area (Å²) in [6.07, 6.45) is -2.38. The molecule has 202 valence electrons. The zero-order chi connectivity index (χ0) is 26.9. The fourth-order valence-corrected chi connectivity index (χ4v) is 8.62. The normalized spacial score (nSPS) is 14.8. The van der Waals surface area contributed by atoms with Crippen LogP contribution in [0.15, 0.2) is 51.1 Å². The van der Waals surface area contributed by atoms with Gasteiger partial charge >= 0.3 is 7.82 Å². The molecule has 2 atom stereocenters. The van der Waals surface area contributed by atoms with E-state index in [1.54, 1.807) is 24.3 Å². The van der Waals surface area contributed by atoms with E-state index in [2.05, 4.69) is 95.6 Å². The third-order valence-electron chi connectivity index (χ3n) is 3.96. The summed E-state index contributed by atoms with van der Waals surface area (Å²) >= 11 is 20.2. The Morgan fingerprint density at radius 2 is 1.03 bits per heavy atom. The summed E-state index contributed by atoms with van der Waals surface area (Å²) < 4.78 is 43.8. The number of phosphoric ester groups is 1. The summed E-state index contributed by atoms with van der Waals surface area (Å²) in [5.74, 6) is 0.917. The fraction of sp³-hybridized carbons (Fsp3) is 0.400. The van der Waals surface area contributed by atoms with Crippen LogP contribution in [0.3, 0.4) is 0 Å². The largest absolute Gasteiger partial charge is 0.488 e. The number of phosphoric acid groups is 1. The van der Waals surface area contributed by atoms with Gasteiger partial charge < -0.3 is 24.8 Å². The molecule has 0 aliphatic rings. The molecule has 0 aliphatic heterocycles. The Kier molecular flexibility index (Phi) is 14.9. The first kappa shape index (κ1) is 33.1. The van der Waals surface area contributed by atoms with Gasteiger partial charge in [0.2, 0.25) is 0 Å². The van der Waals surface area contributed by atoms with E-state index in [1.807, 2.05) is 0 Å². The highest BCUT2D eigenvalue weighted by Crippen LogP contribution is 2.49. The average molecular weight is 916 g/mol. The Bertz CT molecular complexity index is 939. The lowest BCUT2D eigenvalue weighted by Crippen LogP contribution is -2.26. The van der Waals surface area contributed by atoms with Crippen molar-refractivity contribution in [2.24, 2.45) is 0 Å². The van der Waals surface area contributed by atoms with Crippen molar-refractivity contribution < 1.29 is 42.9 Å². The van der Waals surface area contributed by atoms with Gasteiger partial charge in [-0.2, -0.15) is 0 Å². The number of aliphatic hydroxyl groups excluding tert-OH is 3. The SMILES string of the molecule is O=P(OCCO)(OCC(O)COc1c(Br)cc(Br)cc1Br)OCC(O)COc1c(Br)cc(Br)cc1Br. The number of halogens is 6. The number of rotatable bonds is 15. The van der Waals surface area contributed by atoms with Gasteiger partial charge in [-0.3, -0.25) is 13.6 Å². The van der Waals surface area contributed by atoms with E-state index in [0.717, 1.165) is 8.95 Å². The third kappa shape index (κ3) is 11.2. The maximum Gasteiger partial charge on any atom is 0.475 e. The summed E-state index contributed by atoms with van der Waals surface area (Å²) in [5, 5.41) is 29.5. The predicted molar refractivity (Wildman–Crippen MR) is 155 cm³/mol. The van der Waals surface area contributed by atoms with Crippen LogP contribution in [0.5, 0.6) is 11.5 Å². The summed E-state index contributed by atoms with van der Waals surface area (Å²) in [7, 11) is -4.23. The molecule has 0 radical (unpaired) electrons. The van der Waals surface area contributed by atoms with Crippen LogP contribution in [0, 0.1) is 0 Å². The van der Waals surface area contributed by atoms with Crippen LogP contribution < -0.4 is 9.47 Å². The number of aliphatic hydroxyl groups is 3. The minimum absolute atomic E-state index is 0.188. The molecule has 2 aromatic rings.